The summed E-state index contributed by atoms with van der Waals surface area (Å²) in [4.78, 5) is 12.4. The SMILES string of the molecule is O=Pc1ccccc1C(=O)c1ccccc1C(O)(O)O. The maximum Gasteiger partial charge on any atom is 0.305 e. The summed E-state index contributed by atoms with van der Waals surface area (Å²) in [6.07, 6.45) is 0. The molecular weight excluding hydrogens is 279 g/mol. The Morgan fingerprint density at radius 2 is 1.45 bits per heavy atom. The van der Waals surface area contributed by atoms with E-state index in [0.717, 1.165) is 0 Å². The van der Waals surface area contributed by atoms with Crippen molar-refractivity contribution in [3.63, 3.8) is 0 Å². The molecule has 20 heavy (non-hydrogen) atoms. The van der Waals surface area contributed by atoms with Crippen molar-refractivity contribution in [2.45, 2.75) is 5.97 Å². The van der Waals surface area contributed by atoms with Gasteiger partial charge in [-0.3, -0.25) is 9.36 Å². The molecule has 0 aliphatic heterocycles. The standard InChI is InChI=1S/C14H11O5P/c15-13(10-6-2-4-8-12(10)20-19)9-5-1-3-7-11(9)14(16,17)18/h1-8,16-18H. The van der Waals surface area contributed by atoms with Gasteiger partial charge in [0.15, 0.2) is 14.2 Å². The summed E-state index contributed by atoms with van der Waals surface area (Å²) in [5.41, 5.74) is -0.237. The van der Waals surface area contributed by atoms with Gasteiger partial charge in [0, 0.05) is 11.1 Å². The highest BCUT2D eigenvalue weighted by molar-refractivity contribution is 7.34. The van der Waals surface area contributed by atoms with Gasteiger partial charge in [-0.05, 0) is 12.1 Å². The first-order valence-corrected chi connectivity index (χ1v) is 6.50. The number of hydrogen-bond acceptors (Lipinski definition) is 5. The van der Waals surface area contributed by atoms with Crippen LogP contribution < -0.4 is 5.30 Å². The quantitative estimate of drug-likeness (QED) is 0.442. The van der Waals surface area contributed by atoms with E-state index < -0.39 is 11.8 Å². The zero-order valence-electron chi connectivity index (χ0n) is 10.2. The van der Waals surface area contributed by atoms with Crippen molar-refractivity contribution in [2.75, 3.05) is 0 Å². The van der Waals surface area contributed by atoms with Crippen molar-refractivity contribution < 1.29 is 24.7 Å². The van der Waals surface area contributed by atoms with Gasteiger partial charge in [0.1, 0.15) is 0 Å². The Balaban J connectivity index is 2.58. The lowest BCUT2D eigenvalue weighted by atomic mass is 9.97. The fourth-order valence-corrected chi connectivity index (χ4v) is 2.29. The molecule has 0 unspecified atom stereocenters. The second-order valence-electron chi connectivity index (χ2n) is 4.12. The fraction of sp³-hybridized carbons (Fsp3) is 0.0714. The van der Waals surface area contributed by atoms with E-state index >= 15 is 0 Å². The minimum Gasteiger partial charge on any atom is -0.340 e. The summed E-state index contributed by atoms with van der Waals surface area (Å²) in [7, 11) is -0.317. The molecule has 0 aliphatic rings. The third-order valence-electron chi connectivity index (χ3n) is 2.78. The van der Waals surface area contributed by atoms with Crippen LogP contribution in [-0.4, -0.2) is 21.1 Å². The monoisotopic (exact) mass is 290 g/mol. The number of benzene rings is 2. The molecule has 102 valence electrons. The topological polar surface area (TPSA) is 94.8 Å². The van der Waals surface area contributed by atoms with E-state index in [1.165, 1.54) is 36.4 Å². The van der Waals surface area contributed by atoms with E-state index in [-0.39, 0.29) is 30.5 Å². The molecule has 0 aromatic heterocycles. The van der Waals surface area contributed by atoms with Gasteiger partial charge in [-0.2, -0.15) is 0 Å². The van der Waals surface area contributed by atoms with E-state index in [2.05, 4.69) is 0 Å². The molecule has 2 rings (SSSR count). The van der Waals surface area contributed by atoms with Crippen LogP contribution in [0.5, 0.6) is 0 Å². The molecule has 0 bridgehead atoms. The lowest BCUT2D eigenvalue weighted by molar-refractivity contribution is -0.324. The number of ketones is 1. The molecule has 0 heterocycles. The Bertz CT molecular complexity index is 661. The summed E-state index contributed by atoms with van der Waals surface area (Å²) in [6.45, 7) is 0. The summed E-state index contributed by atoms with van der Waals surface area (Å²) in [5.74, 6) is -3.67. The molecule has 2 aromatic carbocycles. The van der Waals surface area contributed by atoms with Gasteiger partial charge in [0.2, 0.25) is 0 Å². The Labute approximate surface area is 116 Å². The highest BCUT2D eigenvalue weighted by atomic mass is 31.1. The Morgan fingerprint density at radius 3 is 2.05 bits per heavy atom. The molecule has 0 radical (unpaired) electrons. The summed E-state index contributed by atoms with van der Waals surface area (Å²) in [6, 6.07) is 11.8. The third kappa shape index (κ3) is 2.81. The summed E-state index contributed by atoms with van der Waals surface area (Å²) >= 11 is 0. The van der Waals surface area contributed by atoms with Crippen LogP contribution in [-0.2, 0) is 10.5 Å². The predicted molar refractivity (Wildman–Crippen MR) is 71.9 cm³/mol. The second kappa shape index (κ2) is 5.61. The summed E-state index contributed by atoms with van der Waals surface area (Å²) < 4.78 is 11.0. The maximum absolute atomic E-state index is 12.4. The Hall–Kier alpha value is -1.91. The fourth-order valence-electron chi connectivity index (χ4n) is 1.86. The zero-order chi connectivity index (χ0) is 14.8. The highest BCUT2D eigenvalue weighted by Gasteiger charge is 2.28. The van der Waals surface area contributed by atoms with Crippen LogP contribution in [0, 0.1) is 0 Å². The first-order chi connectivity index (χ1) is 9.45. The van der Waals surface area contributed by atoms with Crippen molar-refractivity contribution in [1.29, 1.82) is 0 Å². The van der Waals surface area contributed by atoms with E-state index in [9.17, 15) is 24.7 Å². The number of aliphatic hydroxyl groups is 3. The number of hydrogen-bond donors (Lipinski definition) is 3. The molecule has 5 nitrogen and oxygen atoms in total. The zero-order valence-corrected chi connectivity index (χ0v) is 11.1. The van der Waals surface area contributed by atoms with Gasteiger partial charge < -0.3 is 15.3 Å². The largest absolute Gasteiger partial charge is 0.340 e. The average Bonchev–Trinajstić information content (AvgIpc) is 2.45. The minimum atomic E-state index is -3.11. The minimum absolute atomic E-state index is 0.0731. The normalized spacial score (nSPS) is 11.6. The van der Waals surface area contributed by atoms with Gasteiger partial charge >= 0.3 is 5.97 Å². The number of rotatable bonds is 4. The lowest BCUT2D eigenvalue weighted by Gasteiger charge is -2.17. The van der Waals surface area contributed by atoms with Crippen molar-refractivity contribution in [2.24, 2.45) is 0 Å². The van der Waals surface area contributed by atoms with Crippen molar-refractivity contribution in [1.82, 2.24) is 0 Å². The average molecular weight is 290 g/mol. The second-order valence-corrected chi connectivity index (χ2v) is 4.78. The van der Waals surface area contributed by atoms with E-state index in [4.69, 9.17) is 0 Å². The van der Waals surface area contributed by atoms with Gasteiger partial charge in [0.25, 0.3) is 0 Å². The van der Waals surface area contributed by atoms with Crippen LogP contribution in [0.15, 0.2) is 48.5 Å². The summed E-state index contributed by atoms with van der Waals surface area (Å²) in [5, 5.41) is 28.1. The van der Waals surface area contributed by atoms with Crippen LogP contribution in [0.1, 0.15) is 21.5 Å². The van der Waals surface area contributed by atoms with E-state index in [0.29, 0.717) is 0 Å². The lowest BCUT2D eigenvalue weighted by Crippen LogP contribution is -2.27. The Kier molecular flexibility index (Phi) is 4.06. The van der Waals surface area contributed by atoms with Crippen LogP contribution in [0.4, 0.5) is 0 Å². The molecular formula is C14H11O5P. The van der Waals surface area contributed by atoms with Gasteiger partial charge in [0.05, 0.1) is 10.9 Å². The van der Waals surface area contributed by atoms with Crippen LogP contribution >= 0.6 is 8.46 Å². The first-order valence-electron chi connectivity index (χ1n) is 5.69. The smallest absolute Gasteiger partial charge is 0.305 e. The van der Waals surface area contributed by atoms with Gasteiger partial charge in [-0.1, -0.05) is 36.4 Å². The third-order valence-corrected chi connectivity index (χ3v) is 3.37. The van der Waals surface area contributed by atoms with E-state index in [1.54, 1.807) is 12.1 Å². The molecule has 2 aromatic rings. The van der Waals surface area contributed by atoms with E-state index in [1.807, 2.05) is 0 Å². The molecule has 0 saturated heterocycles. The van der Waals surface area contributed by atoms with Crippen molar-refractivity contribution in [3.05, 3.63) is 65.2 Å². The molecule has 0 fully saturated rings. The Morgan fingerprint density at radius 1 is 0.900 bits per heavy atom. The van der Waals surface area contributed by atoms with Gasteiger partial charge in [-0.15, -0.1) is 0 Å². The molecule has 0 atom stereocenters. The highest BCUT2D eigenvalue weighted by Crippen LogP contribution is 2.22. The first kappa shape index (κ1) is 14.5. The van der Waals surface area contributed by atoms with Crippen LogP contribution in [0.2, 0.25) is 0 Å². The molecule has 6 heteroatoms. The van der Waals surface area contributed by atoms with Crippen LogP contribution in [0.25, 0.3) is 0 Å². The molecule has 0 aliphatic carbocycles. The van der Waals surface area contributed by atoms with Crippen LogP contribution in [0.3, 0.4) is 0 Å². The van der Waals surface area contributed by atoms with Crippen molar-refractivity contribution in [3.8, 4) is 0 Å². The predicted octanol–water partition coefficient (Wildman–Crippen LogP) is 0.922. The molecule has 0 spiro atoms. The van der Waals surface area contributed by atoms with Gasteiger partial charge in [-0.25, -0.2) is 0 Å². The van der Waals surface area contributed by atoms with Crippen molar-refractivity contribution >= 4 is 19.5 Å². The number of carbonyl (C=O) groups excluding carboxylic acids is 1. The molecule has 3 N–H and O–H groups in total. The number of carbonyl (C=O) groups is 1. The maximum atomic E-state index is 12.4. The molecule has 0 amide bonds. The molecule has 0 saturated carbocycles.